The fraction of sp³-hybridized carbons (Fsp3) is 0.278. The number of amides is 1. The van der Waals surface area contributed by atoms with Gasteiger partial charge < -0.3 is 14.4 Å². The predicted octanol–water partition coefficient (Wildman–Crippen LogP) is 3.44. The fourth-order valence-corrected chi connectivity index (χ4v) is 3.06. The van der Waals surface area contributed by atoms with Crippen LogP contribution < -0.4 is 5.32 Å². The molecule has 6 nitrogen and oxygen atoms in total. The summed E-state index contributed by atoms with van der Waals surface area (Å²) in [5.41, 5.74) is 2.99. The highest BCUT2D eigenvalue weighted by Gasteiger charge is 2.18. The SMILES string of the molecule is Cc1oncc1C(=O)Nc1ccccc1-c1cn2c(n1)CCCC2. The van der Waals surface area contributed by atoms with E-state index in [1.807, 2.05) is 24.3 Å². The van der Waals surface area contributed by atoms with Crippen LogP contribution in [-0.4, -0.2) is 20.6 Å². The third-order valence-corrected chi connectivity index (χ3v) is 4.36. The molecule has 1 aliphatic rings. The van der Waals surface area contributed by atoms with Crippen LogP contribution in [0.2, 0.25) is 0 Å². The average Bonchev–Trinajstić information content (AvgIpc) is 3.21. The molecule has 1 amide bonds. The summed E-state index contributed by atoms with van der Waals surface area (Å²) in [6.45, 7) is 2.73. The minimum atomic E-state index is -0.231. The van der Waals surface area contributed by atoms with Crippen LogP contribution in [0.25, 0.3) is 11.3 Å². The third kappa shape index (κ3) is 2.60. The van der Waals surface area contributed by atoms with E-state index in [9.17, 15) is 4.79 Å². The van der Waals surface area contributed by atoms with Crippen molar-refractivity contribution in [2.75, 3.05) is 5.32 Å². The van der Waals surface area contributed by atoms with Crippen LogP contribution in [0.4, 0.5) is 5.69 Å². The van der Waals surface area contributed by atoms with Crippen molar-refractivity contribution in [2.45, 2.75) is 32.7 Å². The van der Waals surface area contributed by atoms with Crippen molar-refractivity contribution in [2.24, 2.45) is 0 Å². The second kappa shape index (κ2) is 5.96. The molecule has 1 N–H and O–H groups in total. The van der Waals surface area contributed by atoms with E-state index in [1.54, 1.807) is 6.92 Å². The van der Waals surface area contributed by atoms with Crippen molar-refractivity contribution in [3.05, 3.63) is 53.8 Å². The largest absolute Gasteiger partial charge is 0.361 e. The molecule has 0 bridgehead atoms. The first-order chi connectivity index (χ1) is 11.7. The number of fused-ring (bicyclic) bond motifs is 1. The van der Waals surface area contributed by atoms with Crippen molar-refractivity contribution in [1.29, 1.82) is 0 Å². The summed E-state index contributed by atoms with van der Waals surface area (Å²) >= 11 is 0. The van der Waals surface area contributed by atoms with Gasteiger partial charge in [0.25, 0.3) is 5.91 Å². The normalized spacial score (nSPS) is 13.5. The highest BCUT2D eigenvalue weighted by atomic mass is 16.5. The number of aryl methyl sites for hydroxylation is 3. The second-order valence-corrected chi connectivity index (χ2v) is 5.99. The Balaban J connectivity index is 1.67. The topological polar surface area (TPSA) is 73.0 Å². The lowest BCUT2D eigenvalue weighted by molar-refractivity contribution is 0.102. The van der Waals surface area contributed by atoms with E-state index < -0.39 is 0 Å². The molecule has 0 saturated carbocycles. The summed E-state index contributed by atoms with van der Waals surface area (Å²) in [5.74, 6) is 1.39. The Kier molecular flexibility index (Phi) is 3.65. The van der Waals surface area contributed by atoms with Crippen molar-refractivity contribution in [1.82, 2.24) is 14.7 Å². The molecule has 3 heterocycles. The number of benzene rings is 1. The van der Waals surface area contributed by atoms with Crippen LogP contribution in [0.15, 0.2) is 41.2 Å². The number of aromatic nitrogens is 3. The maximum Gasteiger partial charge on any atom is 0.260 e. The summed E-state index contributed by atoms with van der Waals surface area (Å²) in [5, 5.41) is 6.60. The van der Waals surface area contributed by atoms with Gasteiger partial charge in [-0.1, -0.05) is 23.4 Å². The maximum absolute atomic E-state index is 12.4. The van der Waals surface area contributed by atoms with Gasteiger partial charge in [-0.25, -0.2) is 4.98 Å². The van der Waals surface area contributed by atoms with Crippen molar-refractivity contribution < 1.29 is 9.32 Å². The number of para-hydroxylation sites is 1. The lowest BCUT2D eigenvalue weighted by Gasteiger charge is -2.11. The van der Waals surface area contributed by atoms with Gasteiger partial charge in [-0.05, 0) is 25.8 Å². The minimum Gasteiger partial charge on any atom is -0.361 e. The van der Waals surface area contributed by atoms with Gasteiger partial charge in [-0.3, -0.25) is 4.79 Å². The summed E-state index contributed by atoms with van der Waals surface area (Å²) < 4.78 is 7.18. The molecule has 6 heteroatoms. The van der Waals surface area contributed by atoms with Crippen LogP contribution in [0.5, 0.6) is 0 Å². The Labute approximate surface area is 139 Å². The first kappa shape index (κ1) is 14.7. The van der Waals surface area contributed by atoms with Crippen LogP contribution in [0.1, 0.15) is 34.8 Å². The Morgan fingerprint density at radius 2 is 2.17 bits per heavy atom. The molecule has 0 aliphatic carbocycles. The summed E-state index contributed by atoms with van der Waals surface area (Å²) in [6, 6.07) is 7.71. The zero-order valence-electron chi connectivity index (χ0n) is 13.5. The third-order valence-electron chi connectivity index (χ3n) is 4.36. The van der Waals surface area contributed by atoms with Gasteiger partial charge >= 0.3 is 0 Å². The molecule has 0 spiro atoms. The Hall–Kier alpha value is -2.89. The summed E-state index contributed by atoms with van der Waals surface area (Å²) in [7, 11) is 0. The molecule has 1 aromatic carbocycles. The fourth-order valence-electron chi connectivity index (χ4n) is 3.06. The first-order valence-electron chi connectivity index (χ1n) is 8.10. The molecule has 0 unspecified atom stereocenters. The number of hydrogen-bond donors (Lipinski definition) is 1. The number of anilines is 1. The lowest BCUT2D eigenvalue weighted by Crippen LogP contribution is -2.12. The molecule has 24 heavy (non-hydrogen) atoms. The van der Waals surface area contributed by atoms with Crippen LogP contribution in [0, 0.1) is 6.92 Å². The van der Waals surface area contributed by atoms with E-state index in [4.69, 9.17) is 9.51 Å². The molecule has 0 atom stereocenters. The second-order valence-electron chi connectivity index (χ2n) is 5.99. The number of carbonyl (C=O) groups excluding carboxylic acids is 1. The lowest BCUT2D eigenvalue weighted by atomic mass is 10.1. The Bertz CT molecular complexity index is 871. The van der Waals surface area contributed by atoms with Gasteiger partial charge in [-0.2, -0.15) is 0 Å². The first-order valence-corrected chi connectivity index (χ1v) is 8.10. The van der Waals surface area contributed by atoms with Crippen LogP contribution >= 0.6 is 0 Å². The number of nitrogens with one attached hydrogen (secondary N) is 1. The Morgan fingerprint density at radius 3 is 2.96 bits per heavy atom. The molecular weight excluding hydrogens is 304 g/mol. The van der Waals surface area contributed by atoms with E-state index in [0.717, 1.165) is 35.7 Å². The number of rotatable bonds is 3. The molecule has 0 saturated heterocycles. The van der Waals surface area contributed by atoms with E-state index in [0.29, 0.717) is 11.3 Å². The minimum absolute atomic E-state index is 0.231. The van der Waals surface area contributed by atoms with Crippen molar-refractivity contribution in [3.8, 4) is 11.3 Å². The van der Waals surface area contributed by atoms with Gasteiger partial charge in [0.15, 0.2) is 0 Å². The van der Waals surface area contributed by atoms with Gasteiger partial charge in [0.1, 0.15) is 17.1 Å². The smallest absolute Gasteiger partial charge is 0.260 e. The van der Waals surface area contributed by atoms with Crippen LogP contribution in [-0.2, 0) is 13.0 Å². The summed E-state index contributed by atoms with van der Waals surface area (Å²) in [6.07, 6.45) is 6.89. The summed E-state index contributed by atoms with van der Waals surface area (Å²) in [4.78, 5) is 17.2. The van der Waals surface area contributed by atoms with E-state index in [1.165, 1.54) is 19.0 Å². The monoisotopic (exact) mass is 322 g/mol. The molecule has 122 valence electrons. The zero-order chi connectivity index (χ0) is 16.5. The predicted molar refractivity (Wildman–Crippen MR) is 89.8 cm³/mol. The average molecular weight is 322 g/mol. The molecule has 4 rings (SSSR count). The number of nitrogens with zero attached hydrogens (tertiary/aromatic N) is 3. The molecule has 3 aromatic rings. The zero-order valence-corrected chi connectivity index (χ0v) is 13.5. The van der Waals surface area contributed by atoms with Gasteiger partial charge in [0.05, 0.1) is 17.6 Å². The maximum atomic E-state index is 12.4. The highest BCUT2D eigenvalue weighted by molar-refractivity contribution is 6.06. The standard InChI is InChI=1S/C18H18N4O2/c1-12-14(10-19-24-12)18(23)21-15-7-3-2-6-13(15)16-11-22-9-5-4-8-17(22)20-16/h2-3,6-7,10-11H,4-5,8-9H2,1H3,(H,21,23). The van der Waals surface area contributed by atoms with Crippen LogP contribution in [0.3, 0.4) is 0 Å². The number of carbonyl (C=O) groups is 1. The van der Waals surface area contributed by atoms with Crippen molar-refractivity contribution in [3.63, 3.8) is 0 Å². The molecule has 2 aromatic heterocycles. The van der Waals surface area contributed by atoms with Gasteiger partial charge in [0, 0.05) is 24.7 Å². The quantitative estimate of drug-likeness (QED) is 0.802. The van der Waals surface area contributed by atoms with E-state index in [2.05, 4.69) is 21.2 Å². The molecule has 1 aliphatic heterocycles. The number of hydrogen-bond acceptors (Lipinski definition) is 4. The van der Waals surface area contributed by atoms with E-state index in [-0.39, 0.29) is 5.91 Å². The Morgan fingerprint density at radius 1 is 1.29 bits per heavy atom. The van der Waals surface area contributed by atoms with Crippen molar-refractivity contribution >= 4 is 11.6 Å². The highest BCUT2D eigenvalue weighted by Crippen LogP contribution is 2.29. The van der Waals surface area contributed by atoms with Gasteiger partial charge in [-0.15, -0.1) is 0 Å². The molecule has 0 fully saturated rings. The molecule has 0 radical (unpaired) electrons. The number of imidazole rings is 1. The molecular formula is C18H18N4O2. The van der Waals surface area contributed by atoms with Gasteiger partial charge in [0.2, 0.25) is 0 Å². The van der Waals surface area contributed by atoms with E-state index >= 15 is 0 Å².